The minimum Gasteiger partial charge on any atom is -0.381 e. The van der Waals surface area contributed by atoms with Crippen molar-refractivity contribution in [1.29, 1.82) is 0 Å². The van der Waals surface area contributed by atoms with Crippen molar-refractivity contribution in [2.45, 2.75) is 32.2 Å². The van der Waals surface area contributed by atoms with Gasteiger partial charge in [0.05, 0.1) is 6.61 Å². The Morgan fingerprint density at radius 1 is 1.53 bits per heavy atom. The summed E-state index contributed by atoms with van der Waals surface area (Å²) in [5.74, 6) is 0.586. The van der Waals surface area contributed by atoms with Crippen LogP contribution in [0.5, 0.6) is 0 Å². The maximum absolute atomic E-state index is 5.68. The van der Waals surface area contributed by atoms with E-state index >= 15 is 0 Å². The van der Waals surface area contributed by atoms with Gasteiger partial charge in [-0.3, -0.25) is 0 Å². The second kappa shape index (κ2) is 7.96. The number of hydrogen-bond acceptors (Lipinski definition) is 2. The molecular weight excluding hydrogens is 417 g/mol. The van der Waals surface area contributed by atoms with Crippen molar-refractivity contribution in [2.75, 3.05) is 19.8 Å². The Balaban J connectivity index is 2.22. The second-order valence-corrected chi connectivity index (χ2v) is 7.15. The van der Waals surface area contributed by atoms with Crippen LogP contribution in [-0.4, -0.2) is 19.8 Å². The van der Waals surface area contributed by atoms with Crippen LogP contribution in [0.3, 0.4) is 0 Å². The van der Waals surface area contributed by atoms with E-state index in [-0.39, 0.29) is 0 Å². The molecule has 2 atom stereocenters. The highest BCUT2D eigenvalue weighted by atomic mass is 127. The Morgan fingerprint density at radius 3 is 3.05 bits per heavy atom. The molecule has 1 aromatic rings. The lowest BCUT2D eigenvalue weighted by Gasteiger charge is -2.32. The monoisotopic (exact) mass is 437 g/mol. The molecular formula is C15H21BrINO. The van der Waals surface area contributed by atoms with Gasteiger partial charge in [0.2, 0.25) is 0 Å². The molecule has 106 valence electrons. The van der Waals surface area contributed by atoms with E-state index < -0.39 is 0 Å². The molecule has 1 fully saturated rings. The van der Waals surface area contributed by atoms with Crippen molar-refractivity contribution in [2.24, 2.45) is 5.92 Å². The van der Waals surface area contributed by atoms with Gasteiger partial charge in [-0.1, -0.05) is 22.9 Å². The highest BCUT2D eigenvalue weighted by Crippen LogP contribution is 2.33. The first kappa shape index (κ1) is 15.7. The zero-order valence-electron chi connectivity index (χ0n) is 11.3. The van der Waals surface area contributed by atoms with Gasteiger partial charge < -0.3 is 10.1 Å². The van der Waals surface area contributed by atoms with Crippen molar-refractivity contribution < 1.29 is 4.74 Å². The molecule has 1 saturated heterocycles. The lowest BCUT2D eigenvalue weighted by atomic mass is 9.88. The molecule has 0 bridgehead atoms. The molecule has 19 heavy (non-hydrogen) atoms. The quantitative estimate of drug-likeness (QED) is 0.683. The molecule has 4 heteroatoms. The Hall–Kier alpha value is 0.350. The number of nitrogens with one attached hydrogen (secondary N) is 1. The first-order valence-electron chi connectivity index (χ1n) is 6.98. The summed E-state index contributed by atoms with van der Waals surface area (Å²) in [6.07, 6.45) is 3.60. The normalized spacial score (nSPS) is 21.3. The van der Waals surface area contributed by atoms with Gasteiger partial charge in [-0.05, 0) is 72.2 Å². The van der Waals surface area contributed by atoms with Crippen LogP contribution in [0.25, 0.3) is 0 Å². The van der Waals surface area contributed by atoms with Crippen molar-refractivity contribution in [3.05, 3.63) is 31.8 Å². The molecule has 0 aromatic heterocycles. The van der Waals surface area contributed by atoms with E-state index in [0.717, 1.165) is 30.7 Å². The van der Waals surface area contributed by atoms with E-state index in [1.54, 1.807) is 0 Å². The molecule has 0 saturated carbocycles. The predicted molar refractivity (Wildman–Crippen MR) is 91.4 cm³/mol. The molecule has 1 aromatic carbocycles. The van der Waals surface area contributed by atoms with Gasteiger partial charge in [0.1, 0.15) is 0 Å². The summed E-state index contributed by atoms with van der Waals surface area (Å²) in [7, 11) is 0. The fourth-order valence-electron chi connectivity index (χ4n) is 2.61. The molecule has 1 heterocycles. The molecule has 0 amide bonds. The summed E-state index contributed by atoms with van der Waals surface area (Å²) < 4.78 is 8.17. The zero-order valence-corrected chi connectivity index (χ0v) is 15.0. The third-order valence-electron chi connectivity index (χ3n) is 3.57. The molecule has 1 aliphatic heterocycles. The molecule has 0 spiro atoms. The summed E-state index contributed by atoms with van der Waals surface area (Å²) >= 11 is 6.03. The molecule has 1 aliphatic rings. The van der Waals surface area contributed by atoms with Crippen LogP contribution in [0.2, 0.25) is 0 Å². The highest BCUT2D eigenvalue weighted by molar-refractivity contribution is 14.1. The van der Waals surface area contributed by atoms with Crippen LogP contribution in [0, 0.1) is 9.49 Å². The second-order valence-electron chi connectivity index (χ2n) is 5.07. The fourth-order valence-corrected chi connectivity index (χ4v) is 3.66. The van der Waals surface area contributed by atoms with Crippen LogP contribution < -0.4 is 5.32 Å². The predicted octanol–water partition coefficient (Wildman–Crippen LogP) is 4.52. The van der Waals surface area contributed by atoms with Gasteiger partial charge in [-0.25, -0.2) is 0 Å². The first-order valence-corrected chi connectivity index (χ1v) is 8.85. The molecule has 2 rings (SSSR count). The Morgan fingerprint density at radius 2 is 2.37 bits per heavy atom. The molecule has 0 aliphatic carbocycles. The summed E-state index contributed by atoms with van der Waals surface area (Å²) in [5, 5.41) is 3.72. The molecule has 1 N–H and O–H groups in total. The smallest absolute Gasteiger partial charge is 0.0512 e. The average molecular weight is 438 g/mol. The summed E-state index contributed by atoms with van der Waals surface area (Å²) in [4.78, 5) is 0. The highest BCUT2D eigenvalue weighted by Gasteiger charge is 2.26. The van der Waals surface area contributed by atoms with Gasteiger partial charge in [-0.2, -0.15) is 0 Å². The maximum atomic E-state index is 5.68. The number of benzene rings is 1. The number of halogens is 2. The lowest BCUT2D eigenvalue weighted by molar-refractivity contribution is 0.0389. The van der Waals surface area contributed by atoms with E-state index in [0.29, 0.717) is 12.0 Å². The van der Waals surface area contributed by atoms with Gasteiger partial charge in [0.25, 0.3) is 0 Å². The Bertz CT molecular complexity index is 407. The maximum Gasteiger partial charge on any atom is 0.0512 e. The van der Waals surface area contributed by atoms with Crippen molar-refractivity contribution in [3.63, 3.8) is 0 Å². The average Bonchev–Trinajstić information content (AvgIpc) is 2.44. The Kier molecular flexibility index (Phi) is 6.59. The third-order valence-corrected chi connectivity index (χ3v) is 5.05. The molecule has 0 radical (unpaired) electrons. The van der Waals surface area contributed by atoms with E-state index in [4.69, 9.17) is 4.74 Å². The first-order chi connectivity index (χ1) is 9.22. The minimum atomic E-state index is 0.407. The third kappa shape index (κ3) is 4.41. The largest absolute Gasteiger partial charge is 0.381 e. The topological polar surface area (TPSA) is 21.3 Å². The summed E-state index contributed by atoms with van der Waals surface area (Å²) in [6, 6.07) is 6.96. The van der Waals surface area contributed by atoms with E-state index in [1.807, 2.05) is 0 Å². The lowest BCUT2D eigenvalue weighted by Crippen LogP contribution is -2.34. The van der Waals surface area contributed by atoms with Crippen molar-refractivity contribution >= 4 is 38.5 Å². The number of hydrogen-bond donors (Lipinski definition) is 1. The van der Waals surface area contributed by atoms with E-state index in [9.17, 15) is 0 Å². The van der Waals surface area contributed by atoms with E-state index in [2.05, 4.69) is 69.0 Å². The minimum absolute atomic E-state index is 0.407. The van der Waals surface area contributed by atoms with Crippen LogP contribution in [0.1, 0.15) is 37.8 Å². The fraction of sp³-hybridized carbons (Fsp3) is 0.600. The Labute approximate surface area is 138 Å². The van der Waals surface area contributed by atoms with Gasteiger partial charge >= 0.3 is 0 Å². The van der Waals surface area contributed by atoms with Gasteiger partial charge in [0, 0.05) is 26.6 Å². The molecule has 2 nitrogen and oxygen atoms in total. The zero-order chi connectivity index (χ0) is 13.7. The van der Waals surface area contributed by atoms with Gasteiger partial charge in [-0.15, -0.1) is 0 Å². The van der Waals surface area contributed by atoms with Gasteiger partial charge in [0.15, 0.2) is 0 Å². The van der Waals surface area contributed by atoms with Crippen molar-refractivity contribution in [3.8, 4) is 0 Å². The van der Waals surface area contributed by atoms with E-state index in [1.165, 1.54) is 22.0 Å². The van der Waals surface area contributed by atoms with Crippen LogP contribution in [-0.2, 0) is 4.74 Å². The summed E-state index contributed by atoms with van der Waals surface area (Å²) in [6.45, 7) is 5.08. The standard InChI is InChI=1S/C15H21BrINO/c1-2-7-18-15(11-4-3-8-19-10-11)13-9-12(16)5-6-14(13)17/h5-6,9,11,15,18H,2-4,7-8,10H2,1H3. The molecule has 2 unspecified atom stereocenters. The van der Waals surface area contributed by atoms with Crippen LogP contribution in [0.4, 0.5) is 0 Å². The van der Waals surface area contributed by atoms with Crippen LogP contribution >= 0.6 is 38.5 Å². The SMILES string of the molecule is CCCNC(c1cc(Br)ccc1I)C1CCCOC1. The summed E-state index contributed by atoms with van der Waals surface area (Å²) in [5.41, 5.74) is 1.40. The van der Waals surface area contributed by atoms with Crippen LogP contribution in [0.15, 0.2) is 22.7 Å². The number of rotatable bonds is 5. The number of ether oxygens (including phenoxy) is 1. The van der Waals surface area contributed by atoms with Crippen molar-refractivity contribution in [1.82, 2.24) is 5.32 Å².